The minimum atomic E-state index is -1.34. The van der Waals surface area contributed by atoms with Crippen LogP contribution in [0.1, 0.15) is 33.1 Å². The van der Waals surface area contributed by atoms with Crippen molar-refractivity contribution < 1.29 is 24.9 Å². The highest BCUT2D eigenvalue weighted by atomic mass is 16.4. The highest BCUT2D eigenvalue weighted by Gasteiger charge is 2.40. The predicted molar refractivity (Wildman–Crippen MR) is 53.5 cm³/mol. The zero-order valence-corrected chi connectivity index (χ0v) is 9.06. The SMILES string of the molecule is CC(C)C[C@](CCO)(CC(=O)O)C(=O)O. The van der Waals surface area contributed by atoms with E-state index in [2.05, 4.69) is 0 Å². The van der Waals surface area contributed by atoms with E-state index in [0.717, 1.165) is 0 Å². The molecule has 0 aliphatic carbocycles. The molecule has 15 heavy (non-hydrogen) atoms. The summed E-state index contributed by atoms with van der Waals surface area (Å²) in [6.45, 7) is 3.35. The van der Waals surface area contributed by atoms with Gasteiger partial charge in [-0.2, -0.15) is 0 Å². The van der Waals surface area contributed by atoms with E-state index in [4.69, 9.17) is 15.3 Å². The molecule has 88 valence electrons. The number of hydrogen-bond donors (Lipinski definition) is 3. The van der Waals surface area contributed by atoms with Crippen LogP contribution in [0, 0.1) is 11.3 Å². The molecule has 0 saturated carbocycles. The molecule has 0 spiro atoms. The van der Waals surface area contributed by atoms with Crippen molar-refractivity contribution in [3.05, 3.63) is 0 Å². The zero-order valence-electron chi connectivity index (χ0n) is 9.06. The number of aliphatic carboxylic acids is 2. The van der Waals surface area contributed by atoms with Crippen molar-refractivity contribution in [1.82, 2.24) is 0 Å². The average molecular weight is 218 g/mol. The number of carboxylic acid groups (broad SMARTS) is 2. The van der Waals surface area contributed by atoms with Gasteiger partial charge in [0.25, 0.3) is 0 Å². The molecule has 0 unspecified atom stereocenters. The predicted octanol–water partition coefficient (Wildman–Crippen LogP) is 0.961. The lowest BCUT2D eigenvalue weighted by Gasteiger charge is -2.28. The van der Waals surface area contributed by atoms with Crippen LogP contribution in [0.5, 0.6) is 0 Å². The number of rotatable bonds is 7. The Morgan fingerprint density at radius 2 is 1.80 bits per heavy atom. The van der Waals surface area contributed by atoms with Gasteiger partial charge in [-0.1, -0.05) is 13.8 Å². The highest BCUT2D eigenvalue weighted by molar-refractivity contribution is 5.81. The summed E-state index contributed by atoms with van der Waals surface area (Å²) < 4.78 is 0. The zero-order chi connectivity index (χ0) is 12.1. The van der Waals surface area contributed by atoms with E-state index in [-0.39, 0.29) is 25.4 Å². The third-order valence-electron chi connectivity index (χ3n) is 2.33. The Morgan fingerprint density at radius 3 is 2.07 bits per heavy atom. The van der Waals surface area contributed by atoms with E-state index in [0.29, 0.717) is 0 Å². The van der Waals surface area contributed by atoms with Gasteiger partial charge in [-0.05, 0) is 18.8 Å². The fourth-order valence-corrected chi connectivity index (χ4v) is 1.82. The quantitative estimate of drug-likeness (QED) is 0.591. The van der Waals surface area contributed by atoms with Crippen LogP contribution < -0.4 is 0 Å². The lowest BCUT2D eigenvalue weighted by atomic mass is 9.75. The highest BCUT2D eigenvalue weighted by Crippen LogP contribution is 2.34. The summed E-state index contributed by atoms with van der Waals surface area (Å²) in [6.07, 6.45) is -0.205. The van der Waals surface area contributed by atoms with Crippen molar-refractivity contribution in [2.75, 3.05) is 6.61 Å². The molecule has 0 aromatic rings. The Labute approximate surface area is 88.7 Å². The smallest absolute Gasteiger partial charge is 0.310 e. The molecule has 0 aromatic carbocycles. The fourth-order valence-electron chi connectivity index (χ4n) is 1.82. The number of aliphatic hydroxyl groups excluding tert-OH is 1. The standard InChI is InChI=1S/C10H18O5/c1-7(2)5-10(3-4-11,9(14)15)6-8(12)13/h7,11H,3-6H2,1-2H3,(H,12,13)(H,14,15)/t10-/m1/s1. The van der Waals surface area contributed by atoms with Gasteiger partial charge < -0.3 is 15.3 Å². The molecule has 3 N–H and O–H groups in total. The summed E-state index contributed by atoms with van der Waals surface area (Å²) in [4.78, 5) is 21.7. The van der Waals surface area contributed by atoms with E-state index in [9.17, 15) is 9.59 Å². The maximum Gasteiger partial charge on any atom is 0.310 e. The molecular formula is C10H18O5. The molecule has 0 saturated heterocycles. The molecule has 0 bridgehead atoms. The van der Waals surface area contributed by atoms with Gasteiger partial charge in [0, 0.05) is 6.61 Å². The van der Waals surface area contributed by atoms with Gasteiger partial charge in [-0.3, -0.25) is 9.59 Å². The second kappa shape index (κ2) is 5.70. The Hall–Kier alpha value is -1.10. The van der Waals surface area contributed by atoms with Crippen molar-refractivity contribution >= 4 is 11.9 Å². The molecule has 0 aromatic heterocycles. The summed E-state index contributed by atoms with van der Waals surface area (Å²) in [5, 5.41) is 26.6. The van der Waals surface area contributed by atoms with E-state index in [1.807, 2.05) is 13.8 Å². The number of hydrogen-bond acceptors (Lipinski definition) is 3. The van der Waals surface area contributed by atoms with Gasteiger partial charge in [-0.25, -0.2) is 0 Å². The van der Waals surface area contributed by atoms with Crippen molar-refractivity contribution in [2.24, 2.45) is 11.3 Å². The Kier molecular flexibility index (Phi) is 5.28. The summed E-state index contributed by atoms with van der Waals surface area (Å²) in [7, 11) is 0. The molecular weight excluding hydrogens is 200 g/mol. The van der Waals surface area contributed by atoms with Gasteiger partial charge in [0.05, 0.1) is 11.8 Å². The third kappa shape index (κ3) is 4.29. The molecule has 0 radical (unpaired) electrons. The first-order valence-corrected chi connectivity index (χ1v) is 4.90. The van der Waals surface area contributed by atoms with Crippen LogP contribution in [-0.4, -0.2) is 33.9 Å². The van der Waals surface area contributed by atoms with Gasteiger partial charge in [0.15, 0.2) is 0 Å². The monoisotopic (exact) mass is 218 g/mol. The first-order chi connectivity index (χ1) is 6.84. The Bertz CT molecular complexity index is 236. The summed E-state index contributed by atoms with van der Waals surface area (Å²) >= 11 is 0. The molecule has 5 nitrogen and oxygen atoms in total. The lowest BCUT2D eigenvalue weighted by molar-refractivity contribution is -0.158. The molecule has 5 heteroatoms. The minimum absolute atomic E-state index is 0.0210. The van der Waals surface area contributed by atoms with E-state index >= 15 is 0 Å². The molecule has 1 atom stereocenters. The van der Waals surface area contributed by atoms with Crippen LogP contribution in [0.3, 0.4) is 0 Å². The Balaban J connectivity index is 4.88. The van der Waals surface area contributed by atoms with Gasteiger partial charge in [0.2, 0.25) is 0 Å². The summed E-state index contributed by atoms with van der Waals surface area (Å²) in [5.41, 5.74) is -1.34. The first-order valence-electron chi connectivity index (χ1n) is 4.90. The van der Waals surface area contributed by atoms with Gasteiger partial charge in [0.1, 0.15) is 0 Å². The topological polar surface area (TPSA) is 94.8 Å². The molecule has 0 amide bonds. The van der Waals surface area contributed by atoms with Crippen LogP contribution >= 0.6 is 0 Å². The van der Waals surface area contributed by atoms with Gasteiger partial charge >= 0.3 is 11.9 Å². The summed E-state index contributed by atoms with van der Waals surface area (Å²) in [5.74, 6) is -2.22. The van der Waals surface area contributed by atoms with Crippen molar-refractivity contribution in [2.45, 2.75) is 33.1 Å². The second-order valence-electron chi connectivity index (χ2n) is 4.23. The second-order valence-corrected chi connectivity index (χ2v) is 4.23. The third-order valence-corrected chi connectivity index (χ3v) is 2.33. The van der Waals surface area contributed by atoms with E-state index in [1.165, 1.54) is 0 Å². The molecule has 0 fully saturated rings. The average Bonchev–Trinajstić information content (AvgIpc) is 2.01. The van der Waals surface area contributed by atoms with Crippen molar-refractivity contribution in [3.63, 3.8) is 0 Å². The van der Waals surface area contributed by atoms with Crippen LogP contribution in [0.15, 0.2) is 0 Å². The fraction of sp³-hybridized carbons (Fsp3) is 0.800. The van der Waals surface area contributed by atoms with Crippen LogP contribution in [0.4, 0.5) is 0 Å². The molecule has 0 aliphatic heterocycles. The maximum atomic E-state index is 11.1. The van der Waals surface area contributed by atoms with Crippen LogP contribution in [0.25, 0.3) is 0 Å². The Morgan fingerprint density at radius 1 is 1.27 bits per heavy atom. The number of aliphatic hydroxyl groups is 1. The molecule has 0 rings (SSSR count). The largest absolute Gasteiger partial charge is 0.481 e. The molecule has 0 aliphatic rings. The van der Waals surface area contributed by atoms with Crippen LogP contribution in [0.2, 0.25) is 0 Å². The normalized spacial score (nSPS) is 14.9. The summed E-state index contributed by atoms with van der Waals surface area (Å²) in [6, 6.07) is 0. The van der Waals surface area contributed by atoms with Crippen LogP contribution in [-0.2, 0) is 9.59 Å². The first kappa shape index (κ1) is 13.9. The minimum Gasteiger partial charge on any atom is -0.481 e. The van der Waals surface area contributed by atoms with Gasteiger partial charge in [-0.15, -0.1) is 0 Å². The number of carbonyl (C=O) groups is 2. The van der Waals surface area contributed by atoms with Crippen molar-refractivity contribution in [3.8, 4) is 0 Å². The van der Waals surface area contributed by atoms with E-state index < -0.39 is 23.8 Å². The number of carboxylic acids is 2. The maximum absolute atomic E-state index is 11.1. The van der Waals surface area contributed by atoms with E-state index in [1.54, 1.807) is 0 Å². The molecule has 0 heterocycles. The lowest BCUT2D eigenvalue weighted by Crippen LogP contribution is -2.36. The van der Waals surface area contributed by atoms with Crippen molar-refractivity contribution in [1.29, 1.82) is 0 Å².